The lowest BCUT2D eigenvalue weighted by Gasteiger charge is -2.36. The maximum Gasteiger partial charge on any atom is 0.410 e. The first kappa shape index (κ1) is 18.0. The van der Waals surface area contributed by atoms with Gasteiger partial charge in [0.05, 0.1) is 6.04 Å². The second-order valence-corrected chi connectivity index (χ2v) is 7.45. The molecule has 0 saturated carbocycles. The van der Waals surface area contributed by atoms with Gasteiger partial charge in [-0.25, -0.2) is 4.79 Å². The predicted molar refractivity (Wildman–Crippen MR) is 99.7 cm³/mol. The van der Waals surface area contributed by atoms with Crippen molar-refractivity contribution in [3.05, 3.63) is 71.3 Å². The molecule has 2 aromatic carbocycles. The summed E-state index contributed by atoms with van der Waals surface area (Å²) in [6, 6.07) is 16.7. The van der Waals surface area contributed by atoms with Gasteiger partial charge in [-0.05, 0) is 44.0 Å². The van der Waals surface area contributed by atoms with Crippen LogP contribution in [0.25, 0.3) is 0 Å². The second-order valence-electron chi connectivity index (χ2n) is 7.45. The van der Waals surface area contributed by atoms with Crippen LogP contribution in [0.15, 0.2) is 54.6 Å². The number of ether oxygens (including phenoxy) is 1. The van der Waals surface area contributed by atoms with Gasteiger partial charge in [0, 0.05) is 18.7 Å². The Labute approximate surface area is 154 Å². The molecule has 0 radical (unpaired) electrons. The van der Waals surface area contributed by atoms with Crippen molar-refractivity contribution in [2.75, 3.05) is 6.54 Å². The summed E-state index contributed by atoms with van der Waals surface area (Å²) in [5, 5.41) is 3.05. The Hall–Kier alpha value is -2.82. The molecule has 1 N–H and O–H groups in total. The largest absolute Gasteiger partial charge is 0.444 e. The maximum atomic E-state index is 12.6. The van der Waals surface area contributed by atoms with Crippen LogP contribution < -0.4 is 5.32 Å². The van der Waals surface area contributed by atoms with E-state index in [0.717, 1.165) is 11.1 Å². The zero-order chi connectivity index (χ0) is 18.7. The maximum absolute atomic E-state index is 12.6. The van der Waals surface area contributed by atoms with Crippen LogP contribution in [0.3, 0.4) is 0 Å². The second kappa shape index (κ2) is 7.20. The highest BCUT2D eigenvalue weighted by atomic mass is 16.6. The van der Waals surface area contributed by atoms with Crippen molar-refractivity contribution < 1.29 is 14.3 Å². The lowest BCUT2D eigenvalue weighted by atomic mass is 9.95. The zero-order valence-corrected chi connectivity index (χ0v) is 15.4. The number of hydrogen-bond acceptors (Lipinski definition) is 3. The van der Waals surface area contributed by atoms with E-state index in [9.17, 15) is 9.59 Å². The molecule has 1 aliphatic rings. The Bertz CT molecular complexity index is 796. The Kier molecular flexibility index (Phi) is 4.98. The van der Waals surface area contributed by atoms with Crippen LogP contribution in [0.5, 0.6) is 0 Å². The third-order valence-corrected chi connectivity index (χ3v) is 4.19. The van der Waals surface area contributed by atoms with Gasteiger partial charge in [-0.1, -0.05) is 42.5 Å². The molecule has 0 aromatic heterocycles. The van der Waals surface area contributed by atoms with Crippen LogP contribution in [0.4, 0.5) is 4.79 Å². The van der Waals surface area contributed by atoms with E-state index in [-0.39, 0.29) is 18.0 Å². The first-order chi connectivity index (χ1) is 12.3. The SMILES string of the molecule is CC(C)(C)OC(=O)N1Cc2ccccc2[C@@H](NC(=O)c2ccccc2)C1. The summed E-state index contributed by atoms with van der Waals surface area (Å²) in [4.78, 5) is 26.7. The minimum absolute atomic E-state index is 0.156. The number of fused-ring (bicyclic) bond motifs is 1. The van der Waals surface area contributed by atoms with Gasteiger partial charge in [-0.15, -0.1) is 0 Å². The van der Waals surface area contributed by atoms with Gasteiger partial charge in [-0.3, -0.25) is 4.79 Å². The minimum atomic E-state index is -0.559. The van der Waals surface area contributed by atoms with Gasteiger partial charge in [0.2, 0.25) is 0 Å². The molecular weight excluding hydrogens is 328 g/mol. The molecule has 5 nitrogen and oxygen atoms in total. The fraction of sp³-hybridized carbons (Fsp3) is 0.333. The van der Waals surface area contributed by atoms with Crippen molar-refractivity contribution in [3.8, 4) is 0 Å². The molecule has 0 bridgehead atoms. The number of nitrogens with one attached hydrogen (secondary N) is 1. The van der Waals surface area contributed by atoms with E-state index in [1.807, 2.05) is 63.2 Å². The molecular formula is C21H24N2O3. The Morgan fingerprint density at radius 2 is 1.69 bits per heavy atom. The minimum Gasteiger partial charge on any atom is -0.444 e. The molecule has 0 saturated heterocycles. The summed E-state index contributed by atoms with van der Waals surface area (Å²) in [6.07, 6.45) is -0.369. The van der Waals surface area contributed by atoms with Crippen LogP contribution in [0.1, 0.15) is 48.3 Å². The Morgan fingerprint density at radius 3 is 2.38 bits per heavy atom. The fourth-order valence-electron chi connectivity index (χ4n) is 3.03. The number of rotatable bonds is 2. The Balaban J connectivity index is 1.82. The summed E-state index contributed by atoms with van der Waals surface area (Å²) in [5.41, 5.74) is 2.09. The molecule has 0 unspecified atom stereocenters. The van der Waals surface area contributed by atoms with Gasteiger partial charge in [0.1, 0.15) is 5.60 Å². The predicted octanol–water partition coefficient (Wildman–Crippen LogP) is 3.91. The summed E-state index contributed by atoms with van der Waals surface area (Å²) in [7, 11) is 0. The van der Waals surface area contributed by atoms with E-state index in [1.54, 1.807) is 17.0 Å². The monoisotopic (exact) mass is 352 g/mol. The molecule has 1 heterocycles. The van der Waals surface area contributed by atoms with Gasteiger partial charge in [0.15, 0.2) is 0 Å². The summed E-state index contributed by atoms with van der Waals surface area (Å²) < 4.78 is 5.50. The van der Waals surface area contributed by atoms with E-state index in [2.05, 4.69) is 5.32 Å². The molecule has 2 aromatic rings. The van der Waals surface area contributed by atoms with Crippen molar-refractivity contribution in [1.82, 2.24) is 10.2 Å². The molecule has 1 atom stereocenters. The van der Waals surface area contributed by atoms with Crippen molar-refractivity contribution in [3.63, 3.8) is 0 Å². The first-order valence-corrected chi connectivity index (χ1v) is 8.75. The molecule has 3 rings (SSSR count). The number of hydrogen-bond donors (Lipinski definition) is 1. The molecule has 136 valence electrons. The highest BCUT2D eigenvalue weighted by Gasteiger charge is 2.31. The number of carbonyl (C=O) groups excluding carboxylic acids is 2. The van der Waals surface area contributed by atoms with Crippen molar-refractivity contribution >= 4 is 12.0 Å². The third-order valence-electron chi connectivity index (χ3n) is 4.19. The van der Waals surface area contributed by atoms with Crippen LogP contribution in [-0.4, -0.2) is 29.0 Å². The summed E-state index contributed by atoms with van der Waals surface area (Å²) in [5.74, 6) is -0.156. The average Bonchev–Trinajstić information content (AvgIpc) is 2.61. The Morgan fingerprint density at radius 1 is 1.04 bits per heavy atom. The summed E-state index contributed by atoms with van der Waals surface area (Å²) in [6.45, 7) is 6.39. The lowest BCUT2D eigenvalue weighted by molar-refractivity contribution is 0.0194. The van der Waals surface area contributed by atoms with Gasteiger partial charge in [-0.2, -0.15) is 0 Å². The molecule has 0 fully saturated rings. The molecule has 2 amide bonds. The molecule has 26 heavy (non-hydrogen) atoms. The normalized spacial score (nSPS) is 16.6. The smallest absolute Gasteiger partial charge is 0.410 e. The van der Waals surface area contributed by atoms with Crippen molar-refractivity contribution in [2.45, 2.75) is 39.0 Å². The molecule has 1 aliphatic heterocycles. The highest BCUT2D eigenvalue weighted by molar-refractivity contribution is 5.94. The van der Waals surface area contributed by atoms with Crippen LogP contribution in [0, 0.1) is 0 Å². The van der Waals surface area contributed by atoms with Crippen LogP contribution in [-0.2, 0) is 11.3 Å². The van der Waals surface area contributed by atoms with Gasteiger partial charge < -0.3 is 15.0 Å². The van der Waals surface area contributed by atoms with Gasteiger partial charge in [0.25, 0.3) is 5.91 Å². The standard InChI is InChI=1S/C21H24N2O3/c1-21(2,3)26-20(25)23-13-16-11-7-8-12-17(16)18(14-23)22-19(24)15-9-5-4-6-10-15/h4-12,18H,13-14H2,1-3H3,(H,22,24)/t18-/m0/s1. The first-order valence-electron chi connectivity index (χ1n) is 8.75. The zero-order valence-electron chi connectivity index (χ0n) is 15.4. The summed E-state index contributed by atoms with van der Waals surface area (Å²) >= 11 is 0. The lowest BCUT2D eigenvalue weighted by Crippen LogP contribution is -2.46. The molecule has 0 aliphatic carbocycles. The van der Waals surface area contributed by atoms with Crippen LogP contribution in [0.2, 0.25) is 0 Å². The number of benzene rings is 2. The van der Waals surface area contributed by atoms with Crippen molar-refractivity contribution in [2.24, 2.45) is 0 Å². The van der Waals surface area contributed by atoms with E-state index in [0.29, 0.717) is 18.7 Å². The number of nitrogens with zero attached hydrogens (tertiary/aromatic N) is 1. The van der Waals surface area contributed by atoms with Crippen LogP contribution >= 0.6 is 0 Å². The van der Waals surface area contributed by atoms with E-state index >= 15 is 0 Å². The average molecular weight is 352 g/mol. The van der Waals surface area contributed by atoms with E-state index in [1.165, 1.54) is 0 Å². The van der Waals surface area contributed by atoms with Gasteiger partial charge >= 0.3 is 6.09 Å². The quantitative estimate of drug-likeness (QED) is 0.891. The van der Waals surface area contributed by atoms with E-state index in [4.69, 9.17) is 4.74 Å². The highest BCUT2D eigenvalue weighted by Crippen LogP contribution is 2.28. The third kappa shape index (κ3) is 4.23. The molecule has 5 heteroatoms. The molecule has 0 spiro atoms. The topological polar surface area (TPSA) is 58.6 Å². The van der Waals surface area contributed by atoms with Crippen molar-refractivity contribution in [1.29, 1.82) is 0 Å². The van der Waals surface area contributed by atoms with E-state index < -0.39 is 5.60 Å². The fourth-order valence-corrected chi connectivity index (χ4v) is 3.03. The number of amides is 2. The number of carbonyl (C=O) groups is 2.